The predicted octanol–water partition coefficient (Wildman–Crippen LogP) is 4.65. The molecule has 0 aliphatic carbocycles. The molecule has 1 aromatic heterocycles. The SMILES string of the molecule is N#Cc1ccc(Nc2cc(C(=O)Nc3cccc(Cl)c3Cl)ncn2)cc1. The summed E-state index contributed by atoms with van der Waals surface area (Å²) in [5.41, 5.74) is 1.83. The average Bonchev–Trinajstić information content (AvgIpc) is 2.66. The molecule has 0 unspecified atom stereocenters. The number of benzene rings is 2. The van der Waals surface area contributed by atoms with Crippen LogP contribution < -0.4 is 10.6 Å². The first-order chi connectivity index (χ1) is 12.6. The number of anilines is 3. The molecule has 0 radical (unpaired) electrons. The van der Waals surface area contributed by atoms with Crippen molar-refractivity contribution in [1.29, 1.82) is 5.26 Å². The number of nitrogens with one attached hydrogen (secondary N) is 2. The van der Waals surface area contributed by atoms with Crippen LogP contribution in [0.3, 0.4) is 0 Å². The van der Waals surface area contributed by atoms with Crippen molar-refractivity contribution in [1.82, 2.24) is 9.97 Å². The van der Waals surface area contributed by atoms with Crippen LogP contribution in [0.1, 0.15) is 16.1 Å². The molecule has 2 aromatic carbocycles. The number of hydrogen-bond donors (Lipinski definition) is 2. The van der Waals surface area contributed by atoms with Crippen molar-refractivity contribution in [2.24, 2.45) is 0 Å². The molecule has 0 saturated heterocycles. The highest BCUT2D eigenvalue weighted by Gasteiger charge is 2.12. The van der Waals surface area contributed by atoms with Crippen molar-refractivity contribution in [3.8, 4) is 6.07 Å². The minimum atomic E-state index is -0.445. The number of aromatic nitrogens is 2. The van der Waals surface area contributed by atoms with E-state index in [0.29, 0.717) is 22.1 Å². The van der Waals surface area contributed by atoms with E-state index in [2.05, 4.69) is 20.6 Å². The number of halogens is 2. The Hall–Kier alpha value is -3.14. The second-order valence-corrected chi connectivity index (χ2v) is 5.94. The molecule has 1 amide bonds. The van der Waals surface area contributed by atoms with Gasteiger partial charge in [0.1, 0.15) is 17.8 Å². The van der Waals surface area contributed by atoms with Crippen LogP contribution in [0.25, 0.3) is 0 Å². The Morgan fingerprint density at radius 3 is 2.58 bits per heavy atom. The summed E-state index contributed by atoms with van der Waals surface area (Å²) in [6, 6.07) is 15.3. The number of carbonyl (C=O) groups is 1. The number of amides is 1. The minimum Gasteiger partial charge on any atom is -0.340 e. The third-order valence-electron chi connectivity index (χ3n) is 3.39. The van der Waals surface area contributed by atoms with Crippen molar-refractivity contribution in [3.63, 3.8) is 0 Å². The lowest BCUT2D eigenvalue weighted by atomic mass is 10.2. The molecule has 6 nitrogen and oxygen atoms in total. The van der Waals surface area contributed by atoms with Gasteiger partial charge in [0, 0.05) is 11.8 Å². The van der Waals surface area contributed by atoms with Crippen molar-refractivity contribution in [3.05, 3.63) is 76.2 Å². The number of nitrogens with zero attached hydrogens (tertiary/aromatic N) is 3. The van der Waals surface area contributed by atoms with Gasteiger partial charge >= 0.3 is 0 Å². The summed E-state index contributed by atoms with van der Waals surface area (Å²) in [6.07, 6.45) is 1.28. The number of carbonyl (C=O) groups excluding carboxylic acids is 1. The van der Waals surface area contributed by atoms with E-state index in [0.717, 1.165) is 5.69 Å². The zero-order chi connectivity index (χ0) is 18.5. The second-order valence-electron chi connectivity index (χ2n) is 5.16. The normalized spacial score (nSPS) is 10.0. The molecule has 0 saturated carbocycles. The largest absolute Gasteiger partial charge is 0.340 e. The zero-order valence-electron chi connectivity index (χ0n) is 13.2. The fourth-order valence-electron chi connectivity index (χ4n) is 2.11. The van der Waals surface area contributed by atoms with Gasteiger partial charge in [0.15, 0.2) is 0 Å². The fraction of sp³-hybridized carbons (Fsp3) is 0. The smallest absolute Gasteiger partial charge is 0.274 e. The first-order valence-corrected chi connectivity index (χ1v) is 8.17. The maximum absolute atomic E-state index is 12.4. The molecule has 1 heterocycles. The van der Waals surface area contributed by atoms with Crippen molar-refractivity contribution >= 4 is 46.3 Å². The van der Waals surface area contributed by atoms with Gasteiger partial charge in [0.25, 0.3) is 5.91 Å². The van der Waals surface area contributed by atoms with E-state index >= 15 is 0 Å². The molecule has 3 aromatic rings. The van der Waals surface area contributed by atoms with Gasteiger partial charge in [0.05, 0.1) is 27.4 Å². The maximum atomic E-state index is 12.4. The zero-order valence-corrected chi connectivity index (χ0v) is 14.7. The van der Waals surface area contributed by atoms with Gasteiger partial charge in [-0.2, -0.15) is 5.26 Å². The van der Waals surface area contributed by atoms with Crippen LogP contribution in [-0.4, -0.2) is 15.9 Å². The Labute approximate surface area is 159 Å². The van der Waals surface area contributed by atoms with Crippen molar-refractivity contribution in [2.75, 3.05) is 10.6 Å². The molecule has 0 aliphatic rings. The molecule has 2 N–H and O–H groups in total. The number of nitriles is 1. The Balaban J connectivity index is 1.76. The van der Waals surface area contributed by atoms with E-state index in [9.17, 15) is 4.79 Å². The molecule has 3 rings (SSSR count). The third-order valence-corrected chi connectivity index (χ3v) is 4.20. The van der Waals surface area contributed by atoms with Gasteiger partial charge in [-0.25, -0.2) is 9.97 Å². The summed E-state index contributed by atoms with van der Waals surface area (Å²) in [5, 5.41) is 15.1. The van der Waals surface area contributed by atoms with Gasteiger partial charge in [-0.05, 0) is 36.4 Å². The first-order valence-electron chi connectivity index (χ1n) is 7.41. The Kier molecular flexibility index (Phi) is 5.32. The summed E-state index contributed by atoms with van der Waals surface area (Å²) in [7, 11) is 0. The molecular formula is C18H11Cl2N5O. The summed E-state index contributed by atoms with van der Waals surface area (Å²) < 4.78 is 0. The Bertz CT molecular complexity index is 999. The molecule has 26 heavy (non-hydrogen) atoms. The standard InChI is InChI=1S/C18H11Cl2N5O/c19-13-2-1-3-14(17(13)20)25-18(26)15-8-16(23-10-22-15)24-12-6-4-11(9-21)5-7-12/h1-8,10H,(H,25,26)(H,22,23,24). The molecule has 8 heteroatoms. The molecule has 0 atom stereocenters. The lowest BCUT2D eigenvalue weighted by Gasteiger charge is -2.09. The maximum Gasteiger partial charge on any atom is 0.274 e. The number of hydrogen-bond acceptors (Lipinski definition) is 5. The monoisotopic (exact) mass is 383 g/mol. The summed E-state index contributed by atoms with van der Waals surface area (Å²) in [6.45, 7) is 0. The molecular weight excluding hydrogens is 373 g/mol. The lowest BCUT2D eigenvalue weighted by molar-refractivity contribution is 0.102. The van der Waals surface area contributed by atoms with Crippen molar-refractivity contribution in [2.45, 2.75) is 0 Å². The summed E-state index contributed by atoms with van der Waals surface area (Å²) >= 11 is 12.0. The van der Waals surface area contributed by atoms with E-state index in [4.69, 9.17) is 28.5 Å². The van der Waals surface area contributed by atoms with Gasteiger partial charge in [-0.3, -0.25) is 4.79 Å². The molecule has 0 fully saturated rings. The molecule has 0 bridgehead atoms. The third kappa shape index (κ3) is 4.09. The van der Waals surface area contributed by atoms with Gasteiger partial charge in [-0.15, -0.1) is 0 Å². The van der Waals surface area contributed by atoms with Gasteiger partial charge in [0.2, 0.25) is 0 Å². The van der Waals surface area contributed by atoms with Crippen LogP contribution in [0.15, 0.2) is 54.9 Å². The lowest BCUT2D eigenvalue weighted by Crippen LogP contribution is -2.14. The summed E-state index contributed by atoms with van der Waals surface area (Å²) in [5.74, 6) is -0.00788. The number of rotatable bonds is 4. The van der Waals surface area contributed by atoms with E-state index in [-0.39, 0.29) is 10.7 Å². The van der Waals surface area contributed by atoms with Crippen LogP contribution >= 0.6 is 23.2 Å². The highest BCUT2D eigenvalue weighted by Crippen LogP contribution is 2.29. The quantitative estimate of drug-likeness (QED) is 0.683. The Morgan fingerprint density at radius 2 is 1.85 bits per heavy atom. The van der Waals surface area contributed by atoms with Crippen LogP contribution in [-0.2, 0) is 0 Å². The topological polar surface area (TPSA) is 90.7 Å². The van der Waals surface area contributed by atoms with Crippen LogP contribution in [0.5, 0.6) is 0 Å². The fourth-order valence-corrected chi connectivity index (χ4v) is 2.46. The average molecular weight is 384 g/mol. The van der Waals surface area contributed by atoms with Crippen LogP contribution in [0.2, 0.25) is 10.0 Å². The Morgan fingerprint density at radius 1 is 1.08 bits per heavy atom. The van der Waals surface area contributed by atoms with Gasteiger partial charge < -0.3 is 10.6 Å². The highest BCUT2D eigenvalue weighted by molar-refractivity contribution is 6.44. The summed E-state index contributed by atoms with van der Waals surface area (Å²) in [4.78, 5) is 20.5. The van der Waals surface area contributed by atoms with E-state index in [1.165, 1.54) is 12.4 Å². The predicted molar refractivity (Wildman–Crippen MR) is 101 cm³/mol. The molecule has 128 valence electrons. The van der Waals surface area contributed by atoms with E-state index in [1.807, 2.05) is 6.07 Å². The second kappa shape index (κ2) is 7.83. The molecule has 0 aliphatic heterocycles. The van der Waals surface area contributed by atoms with Crippen LogP contribution in [0, 0.1) is 11.3 Å². The van der Waals surface area contributed by atoms with Gasteiger partial charge in [-0.1, -0.05) is 29.3 Å². The highest BCUT2D eigenvalue weighted by atomic mass is 35.5. The first kappa shape index (κ1) is 17.7. The van der Waals surface area contributed by atoms with Crippen molar-refractivity contribution < 1.29 is 4.79 Å². The van der Waals surface area contributed by atoms with E-state index < -0.39 is 5.91 Å². The molecule has 0 spiro atoms. The van der Waals surface area contributed by atoms with E-state index in [1.54, 1.807) is 42.5 Å². The minimum absolute atomic E-state index is 0.159. The van der Waals surface area contributed by atoms with Crippen LogP contribution in [0.4, 0.5) is 17.2 Å².